The molecule has 0 fully saturated rings. The highest BCUT2D eigenvalue weighted by molar-refractivity contribution is 6.31. The summed E-state index contributed by atoms with van der Waals surface area (Å²) < 4.78 is 0. The largest absolute Gasteiger partial charge is 0.399 e. The molecule has 0 bridgehead atoms. The molecule has 0 saturated carbocycles. The molecular formula is C15H11ClN2O2. The Labute approximate surface area is 120 Å². The van der Waals surface area contributed by atoms with E-state index >= 15 is 0 Å². The van der Waals surface area contributed by atoms with Gasteiger partial charge >= 0.3 is 0 Å². The topological polar surface area (TPSA) is 72.2 Å². The average molecular weight is 287 g/mol. The van der Waals surface area contributed by atoms with Crippen LogP contribution in [0.5, 0.6) is 0 Å². The summed E-state index contributed by atoms with van der Waals surface area (Å²) in [5.41, 5.74) is 8.68. The van der Waals surface area contributed by atoms with E-state index in [4.69, 9.17) is 17.3 Å². The van der Waals surface area contributed by atoms with Gasteiger partial charge < -0.3 is 11.1 Å². The molecule has 3 rings (SSSR count). The fourth-order valence-corrected chi connectivity index (χ4v) is 2.52. The first-order valence-electron chi connectivity index (χ1n) is 6.06. The molecule has 4 nitrogen and oxygen atoms in total. The van der Waals surface area contributed by atoms with Crippen LogP contribution in [0.2, 0.25) is 5.02 Å². The maximum Gasteiger partial charge on any atom is 0.228 e. The highest BCUT2D eigenvalue weighted by atomic mass is 35.5. The molecular weight excluding hydrogens is 276 g/mol. The summed E-state index contributed by atoms with van der Waals surface area (Å²) in [6, 6.07) is 9.91. The van der Waals surface area contributed by atoms with Crippen molar-refractivity contribution in [1.82, 2.24) is 0 Å². The number of hydrogen-bond donors (Lipinski definition) is 2. The quantitative estimate of drug-likeness (QED) is 0.658. The van der Waals surface area contributed by atoms with Crippen LogP contribution in [0.3, 0.4) is 0 Å². The van der Waals surface area contributed by atoms with Crippen LogP contribution in [0, 0.1) is 0 Å². The fourth-order valence-electron chi connectivity index (χ4n) is 2.28. The molecule has 1 aliphatic rings. The standard InChI is InChI=1S/C15H11ClN2O2/c16-11-4-10(5-12(17)7-11)15(20)8-1-2-13-9(3-8)6-14(19)18-13/h1-5,7H,6,17H2,(H,18,19). The number of rotatable bonds is 2. The number of carbonyl (C=O) groups is 2. The molecule has 0 unspecified atom stereocenters. The van der Waals surface area contributed by atoms with E-state index in [1.807, 2.05) is 0 Å². The van der Waals surface area contributed by atoms with Gasteiger partial charge in [-0.1, -0.05) is 11.6 Å². The van der Waals surface area contributed by atoms with E-state index in [0.717, 1.165) is 11.3 Å². The number of anilines is 2. The number of benzene rings is 2. The zero-order valence-electron chi connectivity index (χ0n) is 10.4. The van der Waals surface area contributed by atoms with Crippen LogP contribution in [0.4, 0.5) is 11.4 Å². The summed E-state index contributed by atoms with van der Waals surface area (Å²) in [7, 11) is 0. The van der Waals surface area contributed by atoms with Crippen LogP contribution in [0.25, 0.3) is 0 Å². The maximum absolute atomic E-state index is 12.4. The molecule has 2 aromatic rings. The SMILES string of the molecule is Nc1cc(Cl)cc(C(=O)c2ccc3c(c2)CC(=O)N3)c1. The Kier molecular flexibility index (Phi) is 2.95. The number of nitrogen functional groups attached to an aromatic ring is 1. The van der Waals surface area contributed by atoms with E-state index in [2.05, 4.69) is 5.32 Å². The number of amides is 1. The lowest BCUT2D eigenvalue weighted by atomic mass is 10.00. The van der Waals surface area contributed by atoms with Crippen molar-refractivity contribution in [2.75, 3.05) is 11.1 Å². The molecule has 100 valence electrons. The summed E-state index contributed by atoms with van der Waals surface area (Å²) in [4.78, 5) is 23.7. The second kappa shape index (κ2) is 4.65. The summed E-state index contributed by atoms with van der Waals surface area (Å²) in [6.07, 6.45) is 0.300. The van der Waals surface area contributed by atoms with Crippen molar-refractivity contribution in [1.29, 1.82) is 0 Å². The Morgan fingerprint density at radius 1 is 1.15 bits per heavy atom. The number of nitrogens with one attached hydrogen (secondary N) is 1. The Morgan fingerprint density at radius 2 is 1.95 bits per heavy atom. The molecule has 0 radical (unpaired) electrons. The van der Waals surface area contributed by atoms with Crippen molar-refractivity contribution in [3.63, 3.8) is 0 Å². The number of fused-ring (bicyclic) bond motifs is 1. The van der Waals surface area contributed by atoms with Crippen molar-refractivity contribution < 1.29 is 9.59 Å². The predicted octanol–water partition coefficient (Wildman–Crippen LogP) is 2.65. The molecule has 5 heteroatoms. The van der Waals surface area contributed by atoms with E-state index in [1.54, 1.807) is 36.4 Å². The Bertz CT molecular complexity index is 720. The highest BCUT2D eigenvalue weighted by Gasteiger charge is 2.19. The van der Waals surface area contributed by atoms with Crippen LogP contribution in [-0.4, -0.2) is 11.7 Å². The molecule has 20 heavy (non-hydrogen) atoms. The van der Waals surface area contributed by atoms with E-state index in [0.29, 0.717) is 28.3 Å². The smallest absolute Gasteiger partial charge is 0.228 e. The monoisotopic (exact) mass is 286 g/mol. The van der Waals surface area contributed by atoms with Gasteiger partial charge in [-0.2, -0.15) is 0 Å². The van der Waals surface area contributed by atoms with Gasteiger partial charge in [0.1, 0.15) is 0 Å². The summed E-state index contributed by atoms with van der Waals surface area (Å²) in [5.74, 6) is -0.224. The number of halogens is 1. The van der Waals surface area contributed by atoms with Gasteiger partial charge in [0.15, 0.2) is 5.78 Å². The van der Waals surface area contributed by atoms with Gasteiger partial charge in [0.25, 0.3) is 0 Å². The van der Waals surface area contributed by atoms with Crippen LogP contribution >= 0.6 is 11.6 Å². The van der Waals surface area contributed by atoms with Gasteiger partial charge in [-0.15, -0.1) is 0 Å². The van der Waals surface area contributed by atoms with E-state index in [-0.39, 0.29) is 11.7 Å². The number of carbonyl (C=O) groups excluding carboxylic acids is 2. The van der Waals surface area contributed by atoms with Crippen LogP contribution in [0.1, 0.15) is 21.5 Å². The van der Waals surface area contributed by atoms with Crippen LogP contribution < -0.4 is 11.1 Å². The summed E-state index contributed by atoms with van der Waals surface area (Å²) in [5, 5.41) is 3.15. The van der Waals surface area contributed by atoms with Gasteiger partial charge in [0.05, 0.1) is 6.42 Å². The van der Waals surface area contributed by atoms with E-state index in [9.17, 15) is 9.59 Å². The van der Waals surface area contributed by atoms with Gasteiger partial charge in [-0.3, -0.25) is 9.59 Å². The first-order chi connectivity index (χ1) is 9.52. The molecule has 3 N–H and O–H groups in total. The Morgan fingerprint density at radius 3 is 2.70 bits per heavy atom. The normalized spacial score (nSPS) is 12.9. The average Bonchev–Trinajstić information content (AvgIpc) is 2.75. The fraction of sp³-hybridized carbons (Fsp3) is 0.0667. The summed E-state index contributed by atoms with van der Waals surface area (Å²) >= 11 is 5.91. The Balaban J connectivity index is 1.99. The zero-order chi connectivity index (χ0) is 14.3. The number of nitrogens with two attached hydrogens (primary N) is 1. The maximum atomic E-state index is 12.4. The van der Waals surface area contributed by atoms with E-state index in [1.165, 1.54) is 0 Å². The van der Waals surface area contributed by atoms with Crippen molar-refractivity contribution >= 4 is 34.7 Å². The first-order valence-corrected chi connectivity index (χ1v) is 6.44. The highest BCUT2D eigenvalue weighted by Crippen LogP contribution is 2.26. The summed E-state index contributed by atoms with van der Waals surface area (Å²) in [6.45, 7) is 0. The third-order valence-electron chi connectivity index (χ3n) is 3.17. The Hall–Kier alpha value is -2.33. The van der Waals surface area contributed by atoms with Crippen molar-refractivity contribution in [2.45, 2.75) is 6.42 Å². The number of ketones is 1. The molecule has 0 spiro atoms. The predicted molar refractivity (Wildman–Crippen MR) is 78.1 cm³/mol. The third kappa shape index (κ3) is 2.26. The second-order valence-electron chi connectivity index (χ2n) is 4.70. The molecule has 1 heterocycles. The van der Waals surface area contributed by atoms with Gasteiger partial charge in [-0.25, -0.2) is 0 Å². The lowest BCUT2D eigenvalue weighted by Gasteiger charge is -2.05. The zero-order valence-corrected chi connectivity index (χ0v) is 11.2. The van der Waals surface area contributed by atoms with Crippen LogP contribution in [0.15, 0.2) is 36.4 Å². The van der Waals surface area contributed by atoms with Crippen molar-refractivity contribution in [3.05, 3.63) is 58.1 Å². The molecule has 0 atom stereocenters. The second-order valence-corrected chi connectivity index (χ2v) is 5.14. The minimum Gasteiger partial charge on any atom is -0.399 e. The minimum absolute atomic E-state index is 0.0587. The first kappa shape index (κ1) is 12.7. The van der Waals surface area contributed by atoms with Crippen molar-refractivity contribution in [3.8, 4) is 0 Å². The lowest BCUT2D eigenvalue weighted by Crippen LogP contribution is -2.03. The van der Waals surface area contributed by atoms with Gasteiger partial charge in [-0.05, 0) is 42.0 Å². The van der Waals surface area contributed by atoms with Gasteiger partial charge in [0, 0.05) is 27.5 Å². The molecule has 0 aromatic heterocycles. The molecule has 2 aromatic carbocycles. The molecule has 1 aliphatic heterocycles. The minimum atomic E-state index is -0.165. The van der Waals surface area contributed by atoms with Crippen molar-refractivity contribution in [2.24, 2.45) is 0 Å². The molecule has 1 amide bonds. The molecule has 0 aliphatic carbocycles. The van der Waals surface area contributed by atoms with Crippen LogP contribution in [-0.2, 0) is 11.2 Å². The van der Waals surface area contributed by atoms with Gasteiger partial charge in [0.2, 0.25) is 5.91 Å². The van der Waals surface area contributed by atoms with E-state index < -0.39 is 0 Å². The number of hydrogen-bond acceptors (Lipinski definition) is 3. The third-order valence-corrected chi connectivity index (χ3v) is 3.39. The lowest BCUT2D eigenvalue weighted by molar-refractivity contribution is -0.115. The molecule has 0 saturated heterocycles.